The first-order valence-corrected chi connectivity index (χ1v) is 5.42. The zero-order chi connectivity index (χ0) is 10.7. The Morgan fingerprint density at radius 2 is 1.93 bits per heavy atom. The molecule has 0 unspecified atom stereocenters. The minimum atomic E-state index is 0.486. The van der Waals surface area contributed by atoms with Gasteiger partial charge < -0.3 is 0 Å². The fraction of sp³-hybridized carbons (Fsp3) is 0.727. The zero-order valence-electron chi connectivity index (χ0n) is 9.91. The summed E-state index contributed by atoms with van der Waals surface area (Å²) < 4.78 is 2.12. The Balaban J connectivity index is 0.000000461. The highest BCUT2D eigenvalue weighted by Gasteiger charge is 2.21. The number of hydrogen-bond acceptors (Lipinski definition) is 2. The van der Waals surface area contributed by atoms with Gasteiger partial charge in [0.15, 0.2) is 0 Å². The minimum Gasteiger partial charge on any atom is -0.296 e. The average Bonchev–Trinajstić information content (AvgIpc) is 2.65. The molecule has 1 aliphatic rings. The molecule has 0 N–H and O–H groups in total. The summed E-state index contributed by atoms with van der Waals surface area (Å²) in [5, 5.41) is 4.36. The summed E-state index contributed by atoms with van der Waals surface area (Å²) >= 11 is 0. The molecule has 0 saturated carbocycles. The lowest BCUT2D eigenvalue weighted by Crippen LogP contribution is -2.13. The van der Waals surface area contributed by atoms with Crippen LogP contribution in [0.3, 0.4) is 0 Å². The topological polar surface area (TPSA) is 21.1 Å². The number of hydrogen-bond donors (Lipinski definition) is 0. The summed E-state index contributed by atoms with van der Waals surface area (Å²) in [4.78, 5) is 2.31. The second-order valence-corrected chi connectivity index (χ2v) is 3.83. The van der Waals surface area contributed by atoms with Crippen molar-refractivity contribution >= 4 is 0 Å². The van der Waals surface area contributed by atoms with Crippen LogP contribution in [0.25, 0.3) is 0 Å². The molecule has 0 amide bonds. The van der Waals surface area contributed by atoms with Gasteiger partial charge in [-0.05, 0) is 20.9 Å². The van der Waals surface area contributed by atoms with E-state index < -0.39 is 0 Å². The van der Waals surface area contributed by atoms with Crippen molar-refractivity contribution in [2.45, 2.75) is 46.8 Å². The molecular formula is C11H21N3. The van der Waals surface area contributed by atoms with E-state index in [4.69, 9.17) is 0 Å². The second kappa shape index (κ2) is 4.60. The average molecular weight is 195 g/mol. The highest BCUT2D eigenvalue weighted by atomic mass is 15.3. The second-order valence-electron chi connectivity index (χ2n) is 3.83. The molecule has 0 saturated heterocycles. The molecule has 1 aromatic rings. The third-order valence-corrected chi connectivity index (χ3v) is 2.33. The van der Waals surface area contributed by atoms with E-state index >= 15 is 0 Å². The van der Waals surface area contributed by atoms with Crippen molar-refractivity contribution in [3.8, 4) is 0 Å². The lowest BCUT2D eigenvalue weighted by atomic mass is 10.3. The molecule has 14 heavy (non-hydrogen) atoms. The van der Waals surface area contributed by atoms with Gasteiger partial charge in [-0.1, -0.05) is 13.8 Å². The van der Waals surface area contributed by atoms with Crippen LogP contribution >= 0.6 is 0 Å². The molecule has 0 aliphatic carbocycles. The summed E-state index contributed by atoms with van der Waals surface area (Å²) in [5.74, 6) is 0. The number of rotatable bonds is 1. The zero-order valence-corrected chi connectivity index (χ0v) is 9.91. The van der Waals surface area contributed by atoms with Gasteiger partial charge in [0.25, 0.3) is 0 Å². The molecular weight excluding hydrogens is 174 g/mol. The molecule has 0 fully saturated rings. The maximum Gasteiger partial charge on any atom is 0.0572 e. The molecule has 0 atom stereocenters. The molecule has 1 aromatic heterocycles. The van der Waals surface area contributed by atoms with E-state index in [1.54, 1.807) is 0 Å². The Morgan fingerprint density at radius 1 is 1.29 bits per heavy atom. The van der Waals surface area contributed by atoms with E-state index in [-0.39, 0.29) is 0 Å². The minimum absolute atomic E-state index is 0.486. The van der Waals surface area contributed by atoms with Crippen LogP contribution in [0.5, 0.6) is 0 Å². The van der Waals surface area contributed by atoms with Crippen molar-refractivity contribution in [2.24, 2.45) is 0 Å². The Morgan fingerprint density at radius 3 is 2.50 bits per heavy atom. The predicted octanol–water partition coefficient (Wildman–Crippen LogP) is 2.44. The lowest BCUT2D eigenvalue weighted by molar-refractivity contribution is 0.337. The summed E-state index contributed by atoms with van der Waals surface area (Å²) in [6, 6.07) is 0.486. The maximum absolute atomic E-state index is 4.36. The largest absolute Gasteiger partial charge is 0.296 e. The van der Waals surface area contributed by atoms with Crippen LogP contribution in [0, 0.1) is 0 Å². The Labute approximate surface area is 86.7 Å². The number of fused-ring (bicyclic) bond motifs is 1. The fourth-order valence-electron chi connectivity index (χ4n) is 1.78. The van der Waals surface area contributed by atoms with Crippen LogP contribution in [0.2, 0.25) is 0 Å². The van der Waals surface area contributed by atoms with Crippen molar-refractivity contribution in [1.29, 1.82) is 0 Å². The van der Waals surface area contributed by atoms with Gasteiger partial charge in [-0.2, -0.15) is 5.10 Å². The first-order chi connectivity index (χ1) is 6.68. The van der Waals surface area contributed by atoms with Gasteiger partial charge >= 0.3 is 0 Å². The molecule has 0 aromatic carbocycles. The Hall–Kier alpha value is -0.830. The van der Waals surface area contributed by atoms with Gasteiger partial charge in [-0.15, -0.1) is 0 Å². The van der Waals surface area contributed by atoms with Gasteiger partial charge in [0.2, 0.25) is 0 Å². The lowest BCUT2D eigenvalue weighted by Gasteiger charge is -2.10. The van der Waals surface area contributed by atoms with Crippen molar-refractivity contribution in [3.63, 3.8) is 0 Å². The Bertz CT molecular complexity index is 289. The summed E-state index contributed by atoms with van der Waals surface area (Å²) in [7, 11) is 2.14. The summed E-state index contributed by atoms with van der Waals surface area (Å²) in [6.07, 6.45) is 2.00. The first-order valence-electron chi connectivity index (χ1n) is 5.42. The van der Waals surface area contributed by atoms with Crippen molar-refractivity contribution < 1.29 is 0 Å². The normalized spacial score (nSPS) is 15.3. The van der Waals surface area contributed by atoms with Crippen molar-refractivity contribution in [3.05, 3.63) is 17.5 Å². The van der Waals surface area contributed by atoms with Crippen LogP contribution in [0.4, 0.5) is 0 Å². The molecule has 0 radical (unpaired) electrons. The quantitative estimate of drug-likeness (QED) is 0.686. The molecule has 2 rings (SSSR count). The van der Waals surface area contributed by atoms with Crippen molar-refractivity contribution in [2.75, 3.05) is 7.05 Å². The SMILES string of the molecule is CC.CC(C)n1ncc2c1CN(C)C2. The van der Waals surface area contributed by atoms with Crippen molar-refractivity contribution in [1.82, 2.24) is 14.7 Å². The van der Waals surface area contributed by atoms with Gasteiger partial charge in [0.05, 0.1) is 11.9 Å². The van der Waals surface area contributed by atoms with E-state index in [0.29, 0.717) is 6.04 Å². The molecule has 0 spiro atoms. The first kappa shape index (κ1) is 11.2. The Kier molecular flexibility index (Phi) is 3.69. The van der Waals surface area contributed by atoms with E-state index in [1.165, 1.54) is 11.3 Å². The number of aromatic nitrogens is 2. The third-order valence-electron chi connectivity index (χ3n) is 2.33. The third kappa shape index (κ3) is 1.98. The molecule has 1 aliphatic heterocycles. The predicted molar refractivity (Wildman–Crippen MR) is 59.1 cm³/mol. The van der Waals surface area contributed by atoms with Gasteiger partial charge in [-0.25, -0.2) is 0 Å². The highest BCUT2D eigenvalue weighted by molar-refractivity contribution is 5.22. The van der Waals surface area contributed by atoms with E-state index in [9.17, 15) is 0 Å². The van der Waals surface area contributed by atoms with Crippen LogP contribution in [0.15, 0.2) is 6.20 Å². The van der Waals surface area contributed by atoms with Crippen LogP contribution in [-0.4, -0.2) is 21.7 Å². The monoisotopic (exact) mass is 195 g/mol. The molecule has 3 heteroatoms. The van der Waals surface area contributed by atoms with Gasteiger partial charge in [0, 0.05) is 24.7 Å². The summed E-state index contributed by atoms with van der Waals surface area (Å²) in [5.41, 5.74) is 2.79. The fourth-order valence-corrected chi connectivity index (χ4v) is 1.78. The molecule has 3 nitrogen and oxygen atoms in total. The van der Waals surface area contributed by atoms with Gasteiger partial charge in [0.1, 0.15) is 0 Å². The van der Waals surface area contributed by atoms with E-state index in [1.807, 2.05) is 20.0 Å². The number of nitrogens with zero attached hydrogens (tertiary/aromatic N) is 3. The van der Waals surface area contributed by atoms with Crippen LogP contribution in [-0.2, 0) is 13.1 Å². The van der Waals surface area contributed by atoms with Crippen LogP contribution < -0.4 is 0 Å². The molecule has 0 bridgehead atoms. The summed E-state index contributed by atoms with van der Waals surface area (Å²) in [6.45, 7) is 10.5. The standard InChI is InChI=1S/C9H15N3.C2H6/c1-7(2)12-9-6-11(3)5-8(9)4-10-12;1-2/h4,7H,5-6H2,1-3H3;1-2H3. The molecule has 80 valence electrons. The van der Waals surface area contributed by atoms with E-state index in [2.05, 4.69) is 35.6 Å². The smallest absolute Gasteiger partial charge is 0.0572 e. The molecule has 2 heterocycles. The highest BCUT2D eigenvalue weighted by Crippen LogP contribution is 2.22. The van der Waals surface area contributed by atoms with Crippen LogP contribution in [0.1, 0.15) is 45.0 Å². The maximum atomic E-state index is 4.36. The van der Waals surface area contributed by atoms with E-state index in [0.717, 1.165) is 13.1 Å². The van der Waals surface area contributed by atoms with Gasteiger partial charge in [-0.3, -0.25) is 9.58 Å².